The van der Waals surface area contributed by atoms with Crippen molar-refractivity contribution in [3.63, 3.8) is 0 Å². The second-order valence-electron chi connectivity index (χ2n) is 4.25. The molecule has 4 nitrogen and oxygen atoms in total. The van der Waals surface area contributed by atoms with Gasteiger partial charge in [0.25, 0.3) is 0 Å². The van der Waals surface area contributed by atoms with Crippen LogP contribution < -0.4 is 5.32 Å². The molecule has 0 aromatic carbocycles. The number of alkyl halides is 1. The minimum absolute atomic E-state index is 0.193. The monoisotopic (exact) mass is 303 g/mol. The summed E-state index contributed by atoms with van der Waals surface area (Å²) in [5.41, 5.74) is 1.29. The molecule has 6 heteroatoms. The first-order chi connectivity index (χ1) is 8.92. The van der Waals surface area contributed by atoms with Gasteiger partial charge in [0.05, 0.1) is 12.2 Å². The number of carbonyl (C=O) groups excluding carboxylic acids is 2. The lowest BCUT2D eigenvalue weighted by atomic mass is 10.1. The highest BCUT2D eigenvalue weighted by Crippen LogP contribution is 2.33. The van der Waals surface area contributed by atoms with Crippen molar-refractivity contribution in [3.8, 4) is 0 Å². The summed E-state index contributed by atoms with van der Waals surface area (Å²) >= 11 is 7.03. The van der Waals surface area contributed by atoms with Crippen LogP contribution in [0.3, 0.4) is 0 Å². The molecular formula is C13H18ClNO3S. The first kappa shape index (κ1) is 16.0. The number of nitrogens with one attached hydrogen (secondary N) is 1. The van der Waals surface area contributed by atoms with Crippen molar-refractivity contribution < 1.29 is 14.3 Å². The molecular weight excluding hydrogens is 286 g/mol. The average molecular weight is 304 g/mol. The van der Waals surface area contributed by atoms with E-state index in [1.165, 1.54) is 11.3 Å². The summed E-state index contributed by atoms with van der Waals surface area (Å²) in [5, 5.41) is 3.29. The number of ether oxygens (including phenoxy) is 1. The van der Waals surface area contributed by atoms with Crippen LogP contribution in [0.5, 0.6) is 0 Å². The van der Waals surface area contributed by atoms with E-state index in [-0.39, 0.29) is 17.7 Å². The SMILES string of the molecule is CCOC(=O)c1c(NC(=O)C(C)CCl)sc(C)c1C. The van der Waals surface area contributed by atoms with Gasteiger partial charge in [0.1, 0.15) is 5.00 Å². The number of esters is 1. The van der Waals surface area contributed by atoms with E-state index < -0.39 is 5.97 Å². The molecule has 1 N–H and O–H groups in total. The lowest BCUT2D eigenvalue weighted by Crippen LogP contribution is -2.22. The Labute approximate surface area is 122 Å². The first-order valence-electron chi connectivity index (χ1n) is 6.06. The lowest BCUT2D eigenvalue weighted by Gasteiger charge is -2.09. The van der Waals surface area contributed by atoms with Crippen LogP contribution in [0.1, 0.15) is 34.6 Å². The second kappa shape index (κ2) is 6.91. The van der Waals surface area contributed by atoms with E-state index in [0.29, 0.717) is 17.2 Å². The van der Waals surface area contributed by atoms with Gasteiger partial charge < -0.3 is 10.1 Å². The van der Waals surface area contributed by atoms with E-state index in [1.807, 2.05) is 13.8 Å². The van der Waals surface area contributed by atoms with Crippen molar-refractivity contribution in [1.29, 1.82) is 0 Å². The van der Waals surface area contributed by atoms with E-state index in [9.17, 15) is 9.59 Å². The highest BCUT2D eigenvalue weighted by molar-refractivity contribution is 7.16. The highest BCUT2D eigenvalue weighted by Gasteiger charge is 2.23. The summed E-state index contributed by atoms with van der Waals surface area (Å²) in [7, 11) is 0. The Morgan fingerprint density at radius 1 is 1.42 bits per heavy atom. The van der Waals surface area contributed by atoms with Crippen LogP contribution in [0.2, 0.25) is 0 Å². The van der Waals surface area contributed by atoms with Gasteiger partial charge in [0, 0.05) is 16.7 Å². The molecule has 1 heterocycles. The Morgan fingerprint density at radius 3 is 2.58 bits per heavy atom. The quantitative estimate of drug-likeness (QED) is 0.670. The van der Waals surface area contributed by atoms with Crippen LogP contribution in [-0.4, -0.2) is 24.4 Å². The topological polar surface area (TPSA) is 55.4 Å². The number of hydrogen-bond acceptors (Lipinski definition) is 4. The Morgan fingerprint density at radius 2 is 2.05 bits per heavy atom. The minimum Gasteiger partial charge on any atom is -0.462 e. The first-order valence-corrected chi connectivity index (χ1v) is 7.41. The van der Waals surface area contributed by atoms with E-state index in [1.54, 1.807) is 13.8 Å². The van der Waals surface area contributed by atoms with Gasteiger partial charge in [-0.05, 0) is 26.3 Å². The normalized spacial score (nSPS) is 12.1. The number of hydrogen-bond donors (Lipinski definition) is 1. The third-order valence-corrected chi connectivity index (χ3v) is 4.37. The van der Waals surface area contributed by atoms with E-state index >= 15 is 0 Å². The summed E-state index contributed by atoms with van der Waals surface area (Å²) in [6, 6.07) is 0. The molecule has 1 amide bonds. The van der Waals surface area contributed by atoms with Crippen LogP contribution in [0.15, 0.2) is 0 Å². The molecule has 0 fully saturated rings. The molecule has 0 aliphatic heterocycles. The lowest BCUT2D eigenvalue weighted by molar-refractivity contribution is -0.118. The third-order valence-electron chi connectivity index (χ3n) is 2.78. The van der Waals surface area contributed by atoms with Gasteiger partial charge in [0.15, 0.2) is 0 Å². The minimum atomic E-state index is -0.404. The Kier molecular flexibility index (Phi) is 5.82. The van der Waals surface area contributed by atoms with Crippen LogP contribution >= 0.6 is 22.9 Å². The molecule has 19 heavy (non-hydrogen) atoms. The van der Waals surface area contributed by atoms with Crippen molar-refractivity contribution in [2.45, 2.75) is 27.7 Å². The molecule has 0 aliphatic carbocycles. The number of carbonyl (C=O) groups is 2. The maximum absolute atomic E-state index is 11.9. The summed E-state index contributed by atoms with van der Waals surface area (Å²) in [6.45, 7) is 7.54. The predicted molar refractivity (Wildman–Crippen MR) is 78.3 cm³/mol. The van der Waals surface area contributed by atoms with Crippen molar-refractivity contribution in [2.24, 2.45) is 5.92 Å². The fourth-order valence-corrected chi connectivity index (χ4v) is 2.66. The predicted octanol–water partition coefficient (Wildman–Crippen LogP) is 3.36. The molecule has 1 aromatic heterocycles. The number of amides is 1. The molecule has 0 radical (unpaired) electrons. The smallest absolute Gasteiger partial charge is 0.341 e. The van der Waals surface area contributed by atoms with E-state index in [4.69, 9.17) is 16.3 Å². The van der Waals surface area contributed by atoms with Gasteiger partial charge in [-0.2, -0.15) is 0 Å². The zero-order valence-electron chi connectivity index (χ0n) is 11.5. The van der Waals surface area contributed by atoms with Gasteiger partial charge >= 0.3 is 5.97 Å². The van der Waals surface area contributed by atoms with Gasteiger partial charge in [-0.1, -0.05) is 6.92 Å². The fourth-order valence-electron chi connectivity index (χ4n) is 1.47. The van der Waals surface area contributed by atoms with E-state index in [0.717, 1.165) is 10.4 Å². The standard InChI is InChI=1S/C13H18ClNO3S/c1-5-18-13(17)10-8(3)9(4)19-12(10)15-11(16)7(2)6-14/h7H,5-6H2,1-4H3,(H,15,16). The summed E-state index contributed by atoms with van der Waals surface area (Å²) < 4.78 is 5.02. The van der Waals surface area contributed by atoms with Crippen molar-refractivity contribution in [3.05, 3.63) is 16.0 Å². The second-order valence-corrected chi connectivity index (χ2v) is 5.79. The van der Waals surface area contributed by atoms with Crippen molar-refractivity contribution in [2.75, 3.05) is 17.8 Å². The molecule has 0 saturated carbocycles. The summed E-state index contributed by atoms with van der Waals surface area (Å²) in [5.74, 6) is -0.663. The van der Waals surface area contributed by atoms with Crippen LogP contribution in [0, 0.1) is 19.8 Å². The van der Waals surface area contributed by atoms with Crippen molar-refractivity contribution in [1.82, 2.24) is 0 Å². The molecule has 1 aromatic rings. The molecule has 1 unspecified atom stereocenters. The van der Waals surface area contributed by atoms with Gasteiger partial charge in [-0.25, -0.2) is 4.79 Å². The molecule has 0 spiro atoms. The molecule has 0 saturated heterocycles. The van der Waals surface area contributed by atoms with Crippen LogP contribution in [-0.2, 0) is 9.53 Å². The Bertz CT molecular complexity index is 484. The third kappa shape index (κ3) is 3.70. The number of thiophene rings is 1. The fraction of sp³-hybridized carbons (Fsp3) is 0.538. The maximum atomic E-state index is 11.9. The number of rotatable bonds is 5. The number of aryl methyl sites for hydroxylation is 1. The van der Waals surface area contributed by atoms with Gasteiger partial charge in [0.2, 0.25) is 5.91 Å². The average Bonchev–Trinajstić information content (AvgIpc) is 2.64. The number of anilines is 1. The summed E-state index contributed by atoms with van der Waals surface area (Å²) in [6.07, 6.45) is 0. The van der Waals surface area contributed by atoms with Gasteiger partial charge in [-0.3, -0.25) is 4.79 Å². The molecule has 106 valence electrons. The van der Waals surface area contributed by atoms with Crippen LogP contribution in [0.4, 0.5) is 5.00 Å². The highest BCUT2D eigenvalue weighted by atomic mass is 35.5. The largest absolute Gasteiger partial charge is 0.462 e. The Balaban J connectivity index is 3.04. The summed E-state index contributed by atoms with van der Waals surface area (Å²) in [4.78, 5) is 24.8. The molecule has 0 aliphatic rings. The van der Waals surface area contributed by atoms with Crippen LogP contribution in [0.25, 0.3) is 0 Å². The van der Waals surface area contributed by atoms with Gasteiger partial charge in [-0.15, -0.1) is 22.9 Å². The van der Waals surface area contributed by atoms with E-state index in [2.05, 4.69) is 5.32 Å². The van der Waals surface area contributed by atoms with Crippen molar-refractivity contribution >= 4 is 39.8 Å². The zero-order chi connectivity index (χ0) is 14.6. The molecule has 1 atom stereocenters. The molecule has 1 rings (SSSR count). The maximum Gasteiger partial charge on any atom is 0.341 e. The zero-order valence-corrected chi connectivity index (χ0v) is 13.1. The molecule has 0 bridgehead atoms. The Hall–Kier alpha value is -1.07. The number of halogens is 1.